The molecule has 0 radical (unpaired) electrons. The van der Waals surface area contributed by atoms with E-state index in [0.717, 1.165) is 11.8 Å². The molecule has 0 spiro atoms. The van der Waals surface area contributed by atoms with Crippen LogP contribution in [0.15, 0.2) is 0 Å². The lowest BCUT2D eigenvalue weighted by Crippen LogP contribution is -2.44. The van der Waals surface area contributed by atoms with Crippen molar-refractivity contribution >= 4 is 22.0 Å². The van der Waals surface area contributed by atoms with E-state index in [1.54, 1.807) is 4.90 Å². The molecule has 0 bridgehead atoms. The lowest BCUT2D eigenvalue weighted by Gasteiger charge is -2.30. The summed E-state index contributed by atoms with van der Waals surface area (Å²) < 4.78 is 5.34. The zero-order valence-corrected chi connectivity index (χ0v) is 11.7. The van der Waals surface area contributed by atoms with Crippen molar-refractivity contribution in [1.29, 1.82) is 0 Å². The molecule has 1 aliphatic carbocycles. The minimum absolute atomic E-state index is 0.0255. The second-order valence-corrected chi connectivity index (χ2v) is 5.94. The van der Waals surface area contributed by atoms with Crippen molar-refractivity contribution in [2.45, 2.75) is 45.3 Å². The van der Waals surface area contributed by atoms with Crippen LogP contribution < -0.4 is 0 Å². The summed E-state index contributed by atoms with van der Waals surface area (Å²) in [7, 11) is 1.82. The number of amides is 1. The molecule has 1 fully saturated rings. The van der Waals surface area contributed by atoms with Crippen LogP contribution in [0.4, 0.5) is 4.79 Å². The molecule has 0 saturated heterocycles. The van der Waals surface area contributed by atoms with Gasteiger partial charge in [-0.25, -0.2) is 4.79 Å². The summed E-state index contributed by atoms with van der Waals surface area (Å²) in [6.07, 6.45) is 0.819. The van der Waals surface area contributed by atoms with Crippen molar-refractivity contribution in [3.8, 4) is 0 Å². The molecular weight excluding hydrogens is 258 g/mol. The van der Waals surface area contributed by atoms with E-state index >= 15 is 0 Å². The Morgan fingerprint density at radius 1 is 1.60 bits per heavy atom. The van der Waals surface area contributed by atoms with Gasteiger partial charge in [0, 0.05) is 12.4 Å². The first kappa shape index (κ1) is 12.8. The maximum absolute atomic E-state index is 11.8. The van der Waals surface area contributed by atoms with Gasteiger partial charge >= 0.3 is 6.09 Å². The highest BCUT2D eigenvalue weighted by atomic mass is 79.9. The smallest absolute Gasteiger partial charge is 0.410 e. The molecule has 1 aliphatic rings. The Hall–Kier alpha value is -0.250. The van der Waals surface area contributed by atoms with Gasteiger partial charge in [0.1, 0.15) is 5.60 Å². The SMILES string of the molecule is C[C@@H]1C[C@@]1(CBr)N(C)C(=O)OC(C)(C)C. The molecule has 1 saturated carbocycles. The van der Waals surface area contributed by atoms with Crippen LogP contribution in [-0.2, 0) is 4.74 Å². The van der Waals surface area contributed by atoms with Crippen molar-refractivity contribution in [3.63, 3.8) is 0 Å². The maximum Gasteiger partial charge on any atom is 0.410 e. The Labute approximate surface area is 100 Å². The fraction of sp³-hybridized carbons (Fsp3) is 0.909. The third kappa shape index (κ3) is 2.65. The third-order valence-electron chi connectivity index (χ3n) is 2.98. The number of alkyl halides is 1. The molecule has 0 aromatic carbocycles. The van der Waals surface area contributed by atoms with Crippen LogP contribution in [0, 0.1) is 5.92 Å². The third-order valence-corrected chi connectivity index (χ3v) is 3.95. The summed E-state index contributed by atoms with van der Waals surface area (Å²) in [5, 5.41) is 0.816. The van der Waals surface area contributed by atoms with Crippen molar-refractivity contribution in [2.24, 2.45) is 5.92 Å². The van der Waals surface area contributed by atoms with Crippen molar-refractivity contribution in [2.75, 3.05) is 12.4 Å². The standard InChI is InChI=1S/C11H20BrNO2/c1-8-6-11(8,7-12)13(5)9(14)15-10(2,3)4/h8H,6-7H2,1-5H3/t8-,11+/m1/s1. The van der Waals surface area contributed by atoms with Crippen LogP contribution in [-0.4, -0.2) is 34.5 Å². The van der Waals surface area contributed by atoms with Crippen LogP contribution in [0.5, 0.6) is 0 Å². The van der Waals surface area contributed by atoms with E-state index in [4.69, 9.17) is 4.74 Å². The molecule has 15 heavy (non-hydrogen) atoms. The van der Waals surface area contributed by atoms with Gasteiger partial charge < -0.3 is 9.64 Å². The summed E-state index contributed by atoms with van der Waals surface area (Å²) in [6.45, 7) is 7.81. The highest BCUT2D eigenvalue weighted by molar-refractivity contribution is 9.09. The maximum atomic E-state index is 11.8. The number of carbonyl (C=O) groups excluding carboxylic acids is 1. The summed E-state index contributed by atoms with van der Waals surface area (Å²) in [5.74, 6) is 0.550. The van der Waals surface area contributed by atoms with Crippen molar-refractivity contribution in [1.82, 2.24) is 4.90 Å². The Morgan fingerprint density at radius 2 is 2.07 bits per heavy atom. The van der Waals surface area contributed by atoms with Crippen LogP contribution in [0.3, 0.4) is 0 Å². The molecule has 1 rings (SSSR count). The number of hydrogen-bond donors (Lipinski definition) is 0. The van der Waals surface area contributed by atoms with Crippen LogP contribution in [0.1, 0.15) is 34.1 Å². The molecule has 88 valence electrons. The Bertz CT molecular complexity index is 258. The molecule has 0 aromatic rings. The highest BCUT2D eigenvalue weighted by Gasteiger charge is 2.55. The van der Waals surface area contributed by atoms with E-state index in [0.29, 0.717) is 5.92 Å². The topological polar surface area (TPSA) is 29.5 Å². The quantitative estimate of drug-likeness (QED) is 0.727. The minimum Gasteiger partial charge on any atom is -0.444 e. The predicted molar refractivity (Wildman–Crippen MR) is 64.3 cm³/mol. The van der Waals surface area contributed by atoms with Gasteiger partial charge in [0.25, 0.3) is 0 Å². The molecule has 0 aliphatic heterocycles. The van der Waals surface area contributed by atoms with Crippen molar-refractivity contribution in [3.05, 3.63) is 0 Å². The Kier molecular flexibility index (Phi) is 3.39. The average Bonchev–Trinajstić information content (AvgIpc) is 2.74. The largest absolute Gasteiger partial charge is 0.444 e. The number of rotatable bonds is 2. The fourth-order valence-electron chi connectivity index (χ4n) is 1.73. The number of halogens is 1. The van der Waals surface area contributed by atoms with E-state index in [2.05, 4.69) is 22.9 Å². The van der Waals surface area contributed by atoms with Crippen molar-refractivity contribution < 1.29 is 9.53 Å². The molecule has 0 N–H and O–H groups in total. The molecule has 0 heterocycles. The number of ether oxygens (including phenoxy) is 1. The van der Waals surface area contributed by atoms with Gasteiger partial charge in [-0.1, -0.05) is 22.9 Å². The van der Waals surface area contributed by atoms with E-state index in [1.807, 2.05) is 27.8 Å². The zero-order valence-electron chi connectivity index (χ0n) is 10.1. The number of nitrogens with zero attached hydrogens (tertiary/aromatic N) is 1. The molecule has 2 atom stereocenters. The Morgan fingerprint density at radius 3 is 2.33 bits per heavy atom. The van der Waals surface area contributed by atoms with Crippen LogP contribution in [0.25, 0.3) is 0 Å². The zero-order chi connectivity index (χ0) is 11.9. The Balaban J connectivity index is 2.61. The number of carbonyl (C=O) groups is 1. The molecule has 4 heteroatoms. The number of hydrogen-bond acceptors (Lipinski definition) is 2. The van der Waals surface area contributed by atoms with Gasteiger partial charge in [-0.2, -0.15) is 0 Å². The van der Waals surface area contributed by atoms with E-state index in [1.165, 1.54) is 0 Å². The van der Waals surface area contributed by atoms with E-state index in [-0.39, 0.29) is 11.6 Å². The first-order valence-corrected chi connectivity index (χ1v) is 6.38. The molecular formula is C11H20BrNO2. The van der Waals surface area contributed by atoms with Crippen LogP contribution >= 0.6 is 15.9 Å². The first-order valence-electron chi connectivity index (χ1n) is 5.26. The summed E-state index contributed by atoms with van der Waals surface area (Å²) in [5.41, 5.74) is -0.445. The van der Waals surface area contributed by atoms with Gasteiger partial charge in [0.2, 0.25) is 0 Å². The monoisotopic (exact) mass is 277 g/mol. The van der Waals surface area contributed by atoms with E-state index < -0.39 is 5.60 Å². The fourth-order valence-corrected chi connectivity index (χ4v) is 2.88. The van der Waals surface area contributed by atoms with Gasteiger partial charge in [-0.05, 0) is 33.1 Å². The lowest BCUT2D eigenvalue weighted by molar-refractivity contribution is 0.0204. The van der Waals surface area contributed by atoms with Gasteiger partial charge in [-0.15, -0.1) is 0 Å². The van der Waals surface area contributed by atoms with Crippen LogP contribution in [0.2, 0.25) is 0 Å². The lowest BCUT2D eigenvalue weighted by atomic mass is 10.2. The highest BCUT2D eigenvalue weighted by Crippen LogP contribution is 2.49. The summed E-state index contributed by atoms with van der Waals surface area (Å²) in [4.78, 5) is 13.6. The van der Waals surface area contributed by atoms with E-state index in [9.17, 15) is 4.79 Å². The summed E-state index contributed by atoms with van der Waals surface area (Å²) in [6, 6.07) is 0. The van der Waals surface area contributed by atoms with Gasteiger partial charge in [0.05, 0.1) is 5.54 Å². The minimum atomic E-state index is -0.420. The summed E-state index contributed by atoms with van der Waals surface area (Å²) >= 11 is 3.47. The normalized spacial score (nSPS) is 29.9. The first-order chi connectivity index (χ1) is 6.73. The molecule has 1 amide bonds. The van der Waals surface area contributed by atoms with Gasteiger partial charge in [0.15, 0.2) is 0 Å². The second-order valence-electron chi connectivity index (χ2n) is 5.38. The molecule has 0 aromatic heterocycles. The van der Waals surface area contributed by atoms with Gasteiger partial charge in [-0.3, -0.25) is 0 Å². The second kappa shape index (κ2) is 3.96. The predicted octanol–water partition coefficient (Wildman–Crippen LogP) is 3.03. The molecule has 3 nitrogen and oxygen atoms in total. The average molecular weight is 278 g/mol. The molecule has 0 unspecified atom stereocenters.